The molecule has 0 amide bonds. The summed E-state index contributed by atoms with van der Waals surface area (Å²) < 4.78 is 5.28. The van der Waals surface area contributed by atoms with Crippen LogP contribution in [0.1, 0.15) is 26.7 Å². The third-order valence-corrected chi connectivity index (χ3v) is 2.84. The lowest BCUT2D eigenvalue weighted by atomic mass is 10.2. The average Bonchev–Trinajstić information content (AvgIpc) is 2.61. The minimum atomic E-state index is 0.420. The zero-order valence-corrected chi connectivity index (χ0v) is 8.97. The summed E-state index contributed by atoms with van der Waals surface area (Å²) in [5, 5.41) is 6.95. The van der Waals surface area contributed by atoms with E-state index in [0.717, 1.165) is 19.5 Å². The van der Waals surface area contributed by atoms with E-state index in [1.54, 1.807) is 7.11 Å². The number of hydrogen-bond acceptors (Lipinski definition) is 3. The fourth-order valence-corrected chi connectivity index (χ4v) is 1.60. The molecule has 0 aromatic carbocycles. The third-order valence-electron chi connectivity index (χ3n) is 2.84. The van der Waals surface area contributed by atoms with Crippen LogP contribution in [-0.4, -0.2) is 38.4 Å². The van der Waals surface area contributed by atoms with E-state index in [0.29, 0.717) is 18.2 Å². The molecule has 0 spiro atoms. The molecule has 0 aliphatic carbocycles. The predicted molar refractivity (Wildman–Crippen MR) is 55.0 cm³/mol. The normalized spacial score (nSPS) is 30.7. The topological polar surface area (TPSA) is 33.3 Å². The summed E-state index contributed by atoms with van der Waals surface area (Å²) in [5.41, 5.74) is 0. The molecule has 13 heavy (non-hydrogen) atoms. The molecular weight excluding hydrogens is 164 g/mol. The van der Waals surface area contributed by atoms with Gasteiger partial charge in [-0.1, -0.05) is 6.92 Å². The smallest absolute Gasteiger partial charge is 0.0711 e. The maximum Gasteiger partial charge on any atom is 0.0711 e. The monoisotopic (exact) mass is 186 g/mol. The van der Waals surface area contributed by atoms with Crippen molar-refractivity contribution in [2.75, 3.05) is 20.2 Å². The second kappa shape index (κ2) is 5.58. The van der Waals surface area contributed by atoms with Crippen molar-refractivity contribution in [2.45, 2.75) is 44.9 Å². The zero-order chi connectivity index (χ0) is 9.68. The van der Waals surface area contributed by atoms with Gasteiger partial charge in [0, 0.05) is 32.3 Å². The lowest BCUT2D eigenvalue weighted by Gasteiger charge is -2.15. The molecule has 2 N–H and O–H groups in total. The van der Waals surface area contributed by atoms with Gasteiger partial charge in [0.15, 0.2) is 0 Å². The van der Waals surface area contributed by atoms with Crippen LogP contribution in [0.3, 0.4) is 0 Å². The summed E-state index contributed by atoms with van der Waals surface area (Å²) in [6.45, 7) is 6.50. The number of nitrogens with one attached hydrogen (secondary N) is 2. The first-order valence-corrected chi connectivity index (χ1v) is 5.25. The van der Waals surface area contributed by atoms with Crippen molar-refractivity contribution in [1.29, 1.82) is 0 Å². The van der Waals surface area contributed by atoms with E-state index in [4.69, 9.17) is 4.74 Å². The van der Waals surface area contributed by atoms with Crippen LogP contribution in [0.4, 0.5) is 0 Å². The molecular formula is C10H22N2O. The van der Waals surface area contributed by atoms with Gasteiger partial charge in [-0.15, -0.1) is 0 Å². The predicted octanol–water partition coefficient (Wildman–Crippen LogP) is 0.751. The summed E-state index contributed by atoms with van der Waals surface area (Å²) in [4.78, 5) is 0. The first-order valence-electron chi connectivity index (χ1n) is 5.25. The molecule has 0 saturated carbocycles. The van der Waals surface area contributed by atoms with Gasteiger partial charge in [0.05, 0.1) is 6.10 Å². The highest BCUT2D eigenvalue weighted by atomic mass is 16.5. The van der Waals surface area contributed by atoms with Crippen molar-refractivity contribution < 1.29 is 4.74 Å². The first-order chi connectivity index (χ1) is 6.26. The number of ether oxygens (including phenoxy) is 1. The zero-order valence-electron chi connectivity index (χ0n) is 8.97. The lowest BCUT2D eigenvalue weighted by Crippen LogP contribution is -2.37. The third kappa shape index (κ3) is 3.63. The molecule has 1 saturated heterocycles. The fourth-order valence-electron chi connectivity index (χ4n) is 1.60. The summed E-state index contributed by atoms with van der Waals surface area (Å²) in [6, 6.07) is 1.22. The van der Waals surface area contributed by atoms with E-state index in [2.05, 4.69) is 24.5 Å². The van der Waals surface area contributed by atoms with E-state index >= 15 is 0 Å². The van der Waals surface area contributed by atoms with Gasteiger partial charge in [0.25, 0.3) is 0 Å². The molecule has 0 aromatic rings. The molecule has 1 fully saturated rings. The van der Waals surface area contributed by atoms with E-state index in [9.17, 15) is 0 Å². The molecule has 1 aliphatic rings. The second-order valence-electron chi connectivity index (χ2n) is 3.92. The van der Waals surface area contributed by atoms with Gasteiger partial charge in [0.2, 0.25) is 0 Å². The van der Waals surface area contributed by atoms with Crippen molar-refractivity contribution in [3.8, 4) is 0 Å². The molecule has 1 rings (SSSR count). The largest absolute Gasteiger partial charge is 0.380 e. The highest BCUT2D eigenvalue weighted by Gasteiger charge is 2.23. The van der Waals surface area contributed by atoms with Crippen LogP contribution < -0.4 is 10.6 Å². The van der Waals surface area contributed by atoms with E-state index in [1.165, 1.54) is 6.42 Å². The molecule has 0 bridgehead atoms. The second-order valence-corrected chi connectivity index (χ2v) is 3.92. The van der Waals surface area contributed by atoms with Gasteiger partial charge in [-0.3, -0.25) is 0 Å². The van der Waals surface area contributed by atoms with Gasteiger partial charge in [0.1, 0.15) is 0 Å². The van der Waals surface area contributed by atoms with E-state index in [-0.39, 0.29) is 0 Å². The Hall–Kier alpha value is -0.120. The Morgan fingerprint density at radius 1 is 1.62 bits per heavy atom. The molecule has 3 atom stereocenters. The number of hydrogen-bond donors (Lipinski definition) is 2. The quantitative estimate of drug-likeness (QED) is 0.665. The van der Waals surface area contributed by atoms with Gasteiger partial charge in [-0.2, -0.15) is 0 Å². The van der Waals surface area contributed by atoms with Crippen molar-refractivity contribution >= 4 is 0 Å². The Kier molecular flexibility index (Phi) is 4.70. The van der Waals surface area contributed by atoms with Gasteiger partial charge in [-0.25, -0.2) is 0 Å². The molecule has 3 unspecified atom stereocenters. The standard InChI is InChI=1S/C10H22N2O/c1-4-8(2)11-6-9-5-10(13-3)7-12-9/h8-12H,4-7H2,1-3H3. The molecule has 0 radical (unpaired) electrons. The average molecular weight is 186 g/mol. The maximum atomic E-state index is 5.28. The Morgan fingerprint density at radius 2 is 2.38 bits per heavy atom. The van der Waals surface area contributed by atoms with Gasteiger partial charge >= 0.3 is 0 Å². The van der Waals surface area contributed by atoms with Crippen molar-refractivity contribution in [3.63, 3.8) is 0 Å². The maximum absolute atomic E-state index is 5.28. The summed E-state index contributed by atoms with van der Waals surface area (Å²) in [5.74, 6) is 0. The van der Waals surface area contributed by atoms with Crippen molar-refractivity contribution in [1.82, 2.24) is 10.6 Å². The van der Waals surface area contributed by atoms with Crippen molar-refractivity contribution in [3.05, 3.63) is 0 Å². The number of rotatable bonds is 5. The Morgan fingerprint density at radius 3 is 2.92 bits per heavy atom. The minimum Gasteiger partial charge on any atom is -0.380 e. The highest BCUT2D eigenvalue weighted by Crippen LogP contribution is 2.08. The molecule has 3 heteroatoms. The van der Waals surface area contributed by atoms with Crippen LogP contribution >= 0.6 is 0 Å². The van der Waals surface area contributed by atoms with Crippen LogP contribution in [0.25, 0.3) is 0 Å². The van der Waals surface area contributed by atoms with E-state index < -0.39 is 0 Å². The SMILES string of the molecule is CCC(C)NCC1CC(OC)CN1. The van der Waals surface area contributed by atoms with Gasteiger partial charge < -0.3 is 15.4 Å². The number of methoxy groups -OCH3 is 1. The Labute approximate surface area is 81.2 Å². The van der Waals surface area contributed by atoms with Crippen LogP contribution in [-0.2, 0) is 4.74 Å². The van der Waals surface area contributed by atoms with Crippen molar-refractivity contribution in [2.24, 2.45) is 0 Å². The summed E-state index contributed by atoms with van der Waals surface area (Å²) in [7, 11) is 1.79. The first kappa shape index (κ1) is 11.0. The molecule has 1 aliphatic heterocycles. The van der Waals surface area contributed by atoms with Gasteiger partial charge in [-0.05, 0) is 19.8 Å². The Bertz CT molecular complexity index is 141. The summed E-state index contributed by atoms with van der Waals surface area (Å²) in [6.07, 6.45) is 2.75. The van der Waals surface area contributed by atoms with Crippen LogP contribution in [0.5, 0.6) is 0 Å². The fraction of sp³-hybridized carbons (Fsp3) is 1.00. The van der Waals surface area contributed by atoms with Crippen LogP contribution in [0.15, 0.2) is 0 Å². The molecule has 0 aromatic heterocycles. The molecule has 78 valence electrons. The molecule has 1 heterocycles. The van der Waals surface area contributed by atoms with Crippen LogP contribution in [0.2, 0.25) is 0 Å². The molecule has 3 nitrogen and oxygen atoms in total. The van der Waals surface area contributed by atoms with Crippen LogP contribution in [0, 0.1) is 0 Å². The van der Waals surface area contributed by atoms with E-state index in [1.807, 2.05) is 0 Å². The lowest BCUT2D eigenvalue weighted by molar-refractivity contribution is 0.117. The Balaban J connectivity index is 2.10. The summed E-state index contributed by atoms with van der Waals surface area (Å²) >= 11 is 0. The minimum absolute atomic E-state index is 0.420. The highest BCUT2D eigenvalue weighted by molar-refractivity contribution is 4.84.